The zero-order chi connectivity index (χ0) is 7.90. The van der Waals surface area contributed by atoms with Gasteiger partial charge in [0.25, 0.3) is 0 Å². The third kappa shape index (κ3) is 0.870. The minimum Gasteiger partial charge on any atom is -0.410 e. The van der Waals surface area contributed by atoms with Crippen LogP contribution in [0.2, 0.25) is 0 Å². The van der Waals surface area contributed by atoms with Crippen molar-refractivity contribution in [2.24, 2.45) is 4.99 Å². The first-order valence-electron chi connectivity index (χ1n) is 4.02. The molecule has 0 aromatic heterocycles. The molecule has 2 aliphatic rings. The minimum absolute atomic E-state index is 0.132. The maximum Gasteiger partial charge on any atom is 0.340 e. The van der Waals surface area contributed by atoms with Crippen molar-refractivity contribution in [3.8, 4) is 0 Å². The Labute approximate surface area is 65.5 Å². The highest BCUT2D eigenvalue weighted by Crippen LogP contribution is 2.37. The molecule has 1 aliphatic heterocycles. The van der Waals surface area contributed by atoms with Crippen molar-refractivity contribution in [2.75, 3.05) is 0 Å². The topological polar surface area (TPSA) is 38.7 Å². The lowest BCUT2D eigenvalue weighted by atomic mass is 10.00. The van der Waals surface area contributed by atoms with Crippen molar-refractivity contribution < 1.29 is 9.53 Å². The minimum atomic E-state index is -0.454. The summed E-state index contributed by atoms with van der Waals surface area (Å²) in [5.74, 6) is 0.407. The van der Waals surface area contributed by atoms with E-state index in [4.69, 9.17) is 4.74 Å². The van der Waals surface area contributed by atoms with E-state index in [-0.39, 0.29) is 5.97 Å². The maximum absolute atomic E-state index is 11.3. The van der Waals surface area contributed by atoms with E-state index in [1.54, 1.807) is 6.92 Å². The molecule has 0 bridgehead atoms. The number of carbonyl (C=O) groups is 1. The Hall–Kier alpha value is -0.860. The van der Waals surface area contributed by atoms with Crippen LogP contribution in [0.4, 0.5) is 0 Å². The van der Waals surface area contributed by atoms with E-state index in [1.807, 2.05) is 0 Å². The third-order valence-electron chi connectivity index (χ3n) is 2.42. The number of hydrogen-bond acceptors (Lipinski definition) is 3. The summed E-state index contributed by atoms with van der Waals surface area (Å²) in [4.78, 5) is 15.5. The van der Waals surface area contributed by atoms with Crippen molar-refractivity contribution >= 4 is 11.9 Å². The monoisotopic (exact) mass is 153 g/mol. The van der Waals surface area contributed by atoms with Gasteiger partial charge in [0.15, 0.2) is 11.4 Å². The van der Waals surface area contributed by atoms with E-state index >= 15 is 0 Å². The molecular formula is C8H11NO2. The molecule has 0 amide bonds. The lowest BCUT2D eigenvalue weighted by Crippen LogP contribution is -2.29. The normalized spacial score (nSPS) is 27.4. The first-order chi connectivity index (χ1) is 5.23. The van der Waals surface area contributed by atoms with Crippen LogP contribution in [0.3, 0.4) is 0 Å². The van der Waals surface area contributed by atoms with Gasteiger partial charge in [0, 0.05) is 6.92 Å². The second-order valence-electron chi connectivity index (χ2n) is 3.26. The molecule has 1 spiro atoms. The fraction of sp³-hybridized carbons (Fsp3) is 0.750. The van der Waals surface area contributed by atoms with Gasteiger partial charge in [-0.1, -0.05) is 12.8 Å². The van der Waals surface area contributed by atoms with E-state index in [0.717, 1.165) is 25.7 Å². The Balaban J connectivity index is 2.30. The van der Waals surface area contributed by atoms with Gasteiger partial charge in [0.05, 0.1) is 0 Å². The van der Waals surface area contributed by atoms with Gasteiger partial charge in [0.2, 0.25) is 0 Å². The van der Waals surface area contributed by atoms with Crippen LogP contribution < -0.4 is 0 Å². The Morgan fingerprint density at radius 2 is 2.09 bits per heavy atom. The summed E-state index contributed by atoms with van der Waals surface area (Å²) in [5.41, 5.74) is -0.454. The zero-order valence-corrected chi connectivity index (χ0v) is 6.59. The highest BCUT2D eigenvalue weighted by Gasteiger charge is 2.46. The number of nitrogens with zero attached hydrogens (tertiary/aromatic N) is 1. The fourth-order valence-corrected chi connectivity index (χ4v) is 1.87. The van der Waals surface area contributed by atoms with Crippen LogP contribution in [0.1, 0.15) is 32.6 Å². The fourth-order valence-electron chi connectivity index (χ4n) is 1.87. The van der Waals surface area contributed by atoms with Gasteiger partial charge in [-0.25, -0.2) is 9.79 Å². The van der Waals surface area contributed by atoms with Crippen LogP contribution >= 0.6 is 0 Å². The predicted octanol–water partition coefficient (Wildman–Crippen LogP) is 1.27. The highest BCUT2D eigenvalue weighted by atomic mass is 16.6. The third-order valence-corrected chi connectivity index (χ3v) is 2.42. The molecular weight excluding hydrogens is 142 g/mol. The average Bonchev–Trinajstić information content (AvgIpc) is 2.45. The van der Waals surface area contributed by atoms with E-state index in [0.29, 0.717) is 5.90 Å². The quantitative estimate of drug-likeness (QED) is 0.491. The lowest BCUT2D eigenvalue weighted by molar-refractivity contribution is -0.138. The van der Waals surface area contributed by atoms with E-state index in [2.05, 4.69) is 4.99 Å². The number of ether oxygens (including phenoxy) is 1. The second-order valence-corrected chi connectivity index (χ2v) is 3.26. The zero-order valence-electron chi connectivity index (χ0n) is 6.59. The van der Waals surface area contributed by atoms with Gasteiger partial charge < -0.3 is 4.74 Å². The van der Waals surface area contributed by atoms with Gasteiger partial charge >= 0.3 is 5.97 Å². The van der Waals surface area contributed by atoms with Crippen LogP contribution in [0.5, 0.6) is 0 Å². The largest absolute Gasteiger partial charge is 0.410 e. The summed E-state index contributed by atoms with van der Waals surface area (Å²) in [6.07, 6.45) is 3.96. The average molecular weight is 153 g/mol. The highest BCUT2D eigenvalue weighted by molar-refractivity contribution is 5.99. The molecule has 0 saturated heterocycles. The first kappa shape index (κ1) is 6.83. The molecule has 11 heavy (non-hydrogen) atoms. The molecule has 0 atom stereocenters. The summed E-state index contributed by atoms with van der Waals surface area (Å²) < 4.78 is 4.91. The Bertz CT molecular complexity index is 226. The molecule has 3 heteroatoms. The van der Waals surface area contributed by atoms with Crippen molar-refractivity contribution in [3.63, 3.8) is 0 Å². The summed E-state index contributed by atoms with van der Waals surface area (Å²) in [6, 6.07) is 0. The van der Waals surface area contributed by atoms with Gasteiger partial charge in [-0.05, 0) is 12.8 Å². The summed E-state index contributed by atoms with van der Waals surface area (Å²) in [5, 5.41) is 0. The first-order valence-corrected chi connectivity index (χ1v) is 4.02. The summed E-state index contributed by atoms with van der Waals surface area (Å²) in [6.45, 7) is 1.74. The van der Waals surface area contributed by atoms with Crippen LogP contribution in [0, 0.1) is 0 Å². The van der Waals surface area contributed by atoms with Gasteiger partial charge in [0.1, 0.15) is 0 Å². The number of esters is 1. The standard InChI is InChI=1S/C8H11NO2/c1-6-9-8(7(10)11-6)4-2-3-5-8/h2-5H2,1H3. The van der Waals surface area contributed by atoms with Crippen LogP contribution in [0.25, 0.3) is 0 Å². The van der Waals surface area contributed by atoms with E-state index in [1.165, 1.54) is 0 Å². The molecule has 60 valence electrons. The lowest BCUT2D eigenvalue weighted by Gasteiger charge is -2.12. The van der Waals surface area contributed by atoms with Crippen LogP contribution in [-0.4, -0.2) is 17.4 Å². The number of hydrogen-bond donors (Lipinski definition) is 0. The molecule has 0 aromatic rings. The molecule has 1 aliphatic carbocycles. The molecule has 0 radical (unpaired) electrons. The molecule has 0 unspecified atom stereocenters. The summed E-state index contributed by atoms with van der Waals surface area (Å²) >= 11 is 0. The molecule has 0 aromatic carbocycles. The van der Waals surface area contributed by atoms with Crippen molar-refractivity contribution in [1.82, 2.24) is 0 Å². The maximum atomic E-state index is 11.3. The van der Waals surface area contributed by atoms with Crippen molar-refractivity contribution in [2.45, 2.75) is 38.1 Å². The van der Waals surface area contributed by atoms with E-state index < -0.39 is 5.54 Å². The van der Waals surface area contributed by atoms with E-state index in [9.17, 15) is 4.79 Å². The van der Waals surface area contributed by atoms with Crippen LogP contribution in [-0.2, 0) is 9.53 Å². The van der Waals surface area contributed by atoms with Crippen molar-refractivity contribution in [1.29, 1.82) is 0 Å². The van der Waals surface area contributed by atoms with Gasteiger partial charge in [-0.3, -0.25) is 0 Å². The predicted molar refractivity (Wildman–Crippen MR) is 40.4 cm³/mol. The molecule has 0 N–H and O–H groups in total. The SMILES string of the molecule is CC1=NC2(CCCC2)C(=O)O1. The molecule has 2 rings (SSSR count). The Kier molecular flexibility index (Phi) is 1.28. The Morgan fingerprint density at radius 3 is 2.55 bits per heavy atom. The Morgan fingerprint density at radius 1 is 1.45 bits per heavy atom. The van der Waals surface area contributed by atoms with Crippen LogP contribution in [0.15, 0.2) is 4.99 Å². The number of aliphatic imine (C=N–C) groups is 1. The molecule has 3 nitrogen and oxygen atoms in total. The number of carbonyl (C=O) groups excluding carboxylic acids is 1. The molecule has 1 fully saturated rings. The van der Waals surface area contributed by atoms with Gasteiger partial charge in [-0.2, -0.15) is 0 Å². The molecule has 1 heterocycles. The molecule has 1 saturated carbocycles. The summed E-state index contributed by atoms with van der Waals surface area (Å²) in [7, 11) is 0. The number of cyclic esters (lactones) is 1. The number of rotatable bonds is 0. The second kappa shape index (κ2) is 2.06. The smallest absolute Gasteiger partial charge is 0.340 e. The van der Waals surface area contributed by atoms with Crippen molar-refractivity contribution in [3.05, 3.63) is 0 Å². The van der Waals surface area contributed by atoms with Gasteiger partial charge in [-0.15, -0.1) is 0 Å².